The number of carbonyl (C=O) groups excluding carboxylic acids is 2. The van der Waals surface area contributed by atoms with E-state index in [1.807, 2.05) is 43.3 Å². The van der Waals surface area contributed by atoms with Crippen LogP contribution < -0.4 is 5.32 Å². The molecule has 2 atom stereocenters. The predicted octanol–water partition coefficient (Wildman–Crippen LogP) is 1.95. The molecule has 2 N–H and O–H groups in total. The first-order chi connectivity index (χ1) is 11.0. The molecule has 23 heavy (non-hydrogen) atoms. The van der Waals surface area contributed by atoms with E-state index in [2.05, 4.69) is 11.4 Å². The molecule has 0 spiro atoms. The summed E-state index contributed by atoms with van der Waals surface area (Å²) in [5.74, 6) is -0.875. The number of aliphatic hydroxyl groups is 1. The highest BCUT2D eigenvalue weighted by molar-refractivity contribution is 5.83. The average Bonchev–Trinajstić information content (AvgIpc) is 2.58. The Kier molecular flexibility index (Phi) is 5.93. The largest absolute Gasteiger partial charge is 0.459 e. The van der Waals surface area contributed by atoms with Crippen LogP contribution in [0.5, 0.6) is 0 Å². The van der Waals surface area contributed by atoms with Crippen LogP contribution in [0.2, 0.25) is 0 Å². The molecule has 1 aliphatic rings. The molecule has 0 saturated carbocycles. The third-order valence-electron chi connectivity index (χ3n) is 4.10. The van der Waals surface area contributed by atoms with E-state index < -0.39 is 17.5 Å². The fraction of sp³-hybridized carbons (Fsp3) is 0.444. The maximum atomic E-state index is 12.2. The number of hydrogen-bond acceptors (Lipinski definition) is 4. The Morgan fingerprint density at radius 2 is 2.04 bits per heavy atom. The van der Waals surface area contributed by atoms with E-state index in [-0.39, 0.29) is 19.1 Å². The van der Waals surface area contributed by atoms with Crippen molar-refractivity contribution >= 4 is 11.9 Å². The van der Waals surface area contributed by atoms with Gasteiger partial charge in [-0.05, 0) is 24.8 Å². The minimum absolute atomic E-state index is 0.104. The summed E-state index contributed by atoms with van der Waals surface area (Å²) >= 11 is 0. The lowest BCUT2D eigenvalue weighted by atomic mass is 9.78. The van der Waals surface area contributed by atoms with Gasteiger partial charge in [0.2, 0.25) is 5.91 Å². The molecule has 5 nitrogen and oxygen atoms in total. The molecule has 1 aliphatic carbocycles. The lowest BCUT2D eigenvalue weighted by Crippen LogP contribution is -2.44. The van der Waals surface area contributed by atoms with Crippen LogP contribution in [-0.2, 0) is 20.9 Å². The third-order valence-corrected chi connectivity index (χ3v) is 4.10. The molecule has 1 aromatic rings. The molecule has 0 fully saturated rings. The summed E-state index contributed by atoms with van der Waals surface area (Å²) in [6.07, 6.45) is 5.01. The van der Waals surface area contributed by atoms with Gasteiger partial charge in [0.1, 0.15) is 6.61 Å². The highest BCUT2D eigenvalue weighted by Crippen LogP contribution is 2.32. The minimum Gasteiger partial charge on any atom is -0.459 e. The maximum absolute atomic E-state index is 12.2. The number of hydrogen-bond donors (Lipinski definition) is 2. The molecule has 5 heteroatoms. The zero-order valence-electron chi connectivity index (χ0n) is 13.3. The average molecular weight is 317 g/mol. The van der Waals surface area contributed by atoms with Crippen LogP contribution in [0.3, 0.4) is 0 Å². The molecule has 0 aromatic heterocycles. The fourth-order valence-corrected chi connectivity index (χ4v) is 2.48. The summed E-state index contributed by atoms with van der Waals surface area (Å²) in [6.45, 7) is 1.87. The molecular weight excluding hydrogens is 294 g/mol. The van der Waals surface area contributed by atoms with Gasteiger partial charge in [-0.15, -0.1) is 0 Å². The second kappa shape index (κ2) is 7.92. The molecule has 124 valence electrons. The standard InChI is InChI=1S/C18H23NO4/c1-18(10-6-3-7-11-18)17(22)19-12-15(20)16(21)23-13-14-8-4-2-5-9-14/h2-6,8-9,15,20H,7,10-13H2,1H3,(H,19,22)/t15-,18+/m1/s1. The van der Waals surface area contributed by atoms with Crippen molar-refractivity contribution in [2.24, 2.45) is 5.41 Å². The highest BCUT2D eigenvalue weighted by atomic mass is 16.5. The van der Waals surface area contributed by atoms with Crippen molar-refractivity contribution in [2.45, 2.75) is 38.9 Å². The van der Waals surface area contributed by atoms with E-state index in [1.54, 1.807) is 0 Å². The number of amides is 1. The number of allylic oxidation sites excluding steroid dienone is 2. The Balaban J connectivity index is 1.75. The molecule has 1 aromatic carbocycles. The normalized spacial score (nSPS) is 21.5. The molecule has 0 radical (unpaired) electrons. The summed E-state index contributed by atoms with van der Waals surface area (Å²) < 4.78 is 5.04. The summed E-state index contributed by atoms with van der Waals surface area (Å²) in [7, 11) is 0. The molecule has 0 unspecified atom stereocenters. The maximum Gasteiger partial charge on any atom is 0.337 e. The lowest BCUT2D eigenvalue weighted by molar-refractivity contribution is -0.154. The molecule has 0 aliphatic heterocycles. The highest BCUT2D eigenvalue weighted by Gasteiger charge is 2.33. The minimum atomic E-state index is -1.36. The number of rotatable bonds is 6. The summed E-state index contributed by atoms with van der Waals surface area (Å²) in [6, 6.07) is 9.23. The van der Waals surface area contributed by atoms with Crippen LogP contribution in [-0.4, -0.2) is 29.6 Å². The van der Waals surface area contributed by atoms with Crippen LogP contribution in [0.1, 0.15) is 31.7 Å². The molecule has 0 heterocycles. The van der Waals surface area contributed by atoms with Crippen molar-refractivity contribution in [3.63, 3.8) is 0 Å². The van der Waals surface area contributed by atoms with Gasteiger partial charge < -0.3 is 15.2 Å². The first kappa shape index (κ1) is 17.2. The topological polar surface area (TPSA) is 75.6 Å². The Morgan fingerprint density at radius 3 is 2.70 bits per heavy atom. The Bertz CT molecular complexity index is 570. The van der Waals surface area contributed by atoms with E-state index in [9.17, 15) is 14.7 Å². The van der Waals surface area contributed by atoms with Crippen molar-refractivity contribution in [1.29, 1.82) is 0 Å². The Labute approximate surface area is 136 Å². The Hall–Kier alpha value is -2.14. The van der Waals surface area contributed by atoms with Gasteiger partial charge in [-0.3, -0.25) is 4.79 Å². The quantitative estimate of drug-likeness (QED) is 0.621. The van der Waals surface area contributed by atoms with Crippen molar-refractivity contribution < 1.29 is 19.4 Å². The van der Waals surface area contributed by atoms with Crippen LogP contribution in [0.15, 0.2) is 42.5 Å². The molecule has 0 bridgehead atoms. The molecule has 2 rings (SSSR count). The van der Waals surface area contributed by atoms with E-state index in [0.717, 1.165) is 18.4 Å². The summed E-state index contributed by atoms with van der Waals surface area (Å²) in [5, 5.41) is 12.5. The van der Waals surface area contributed by atoms with E-state index in [0.29, 0.717) is 6.42 Å². The number of esters is 1. The van der Waals surface area contributed by atoms with Gasteiger partial charge in [-0.1, -0.05) is 49.4 Å². The molecule has 0 saturated heterocycles. The Morgan fingerprint density at radius 1 is 1.30 bits per heavy atom. The monoisotopic (exact) mass is 317 g/mol. The lowest BCUT2D eigenvalue weighted by Gasteiger charge is -2.29. The number of carbonyl (C=O) groups is 2. The van der Waals surface area contributed by atoms with Crippen LogP contribution in [0, 0.1) is 5.41 Å². The van der Waals surface area contributed by atoms with Gasteiger partial charge in [-0.2, -0.15) is 0 Å². The van der Waals surface area contributed by atoms with Crippen molar-refractivity contribution in [3.8, 4) is 0 Å². The van der Waals surface area contributed by atoms with Crippen molar-refractivity contribution in [3.05, 3.63) is 48.0 Å². The number of nitrogens with one attached hydrogen (secondary N) is 1. The molecule has 1 amide bonds. The van der Waals surface area contributed by atoms with E-state index in [1.165, 1.54) is 0 Å². The number of benzene rings is 1. The van der Waals surface area contributed by atoms with Gasteiger partial charge in [-0.25, -0.2) is 4.79 Å². The van der Waals surface area contributed by atoms with Gasteiger partial charge in [0.05, 0.1) is 12.0 Å². The van der Waals surface area contributed by atoms with Crippen molar-refractivity contribution in [2.75, 3.05) is 6.54 Å². The first-order valence-electron chi connectivity index (χ1n) is 7.83. The first-order valence-corrected chi connectivity index (χ1v) is 7.83. The number of aliphatic hydroxyl groups excluding tert-OH is 1. The third kappa shape index (κ3) is 4.93. The van der Waals surface area contributed by atoms with Gasteiger partial charge in [0.15, 0.2) is 6.10 Å². The summed E-state index contributed by atoms with van der Waals surface area (Å²) in [5.41, 5.74) is 0.376. The smallest absolute Gasteiger partial charge is 0.337 e. The number of ether oxygens (including phenoxy) is 1. The van der Waals surface area contributed by atoms with Gasteiger partial charge >= 0.3 is 5.97 Å². The second-order valence-corrected chi connectivity index (χ2v) is 6.09. The van der Waals surface area contributed by atoms with E-state index >= 15 is 0 Å². The van der Waals surface area contributed by atoms with Crippen molar-refractivity contribution in [1.82, 2.24) is 5.32 Å². The zero-order valence-corrected chi connectivity index (χ0v) is 13.3. The summed E-state index contributed by atoms with van der Waals surface area (Å²) in [4.78, 5) is 24.0. The SMILES string of the molecule is C[C@]1(C(=O)NC[C@@H](O)C(=O)OCc2ccccc2)CC=CCC1. The van der Waals surface area contributed by atoms with Crippen LogP contribution in [0.4, 0.5) is 0 Å². The van der Waals surface area contributed by atoms with Gasteiger partial charge in [0.25, 0.3) is 0 Å². The zero-order chi connectivity index (χ0) is 16.7. The molecular formula is C18H23NO4. The fourth-order valence-electron chi connectivity index (χ4n) is 2.48. The second-order valence-electron chi connectivity index (χ2n) is 6.09. The van der Waals surface area contributed by atoms with Crippen LogP contribution >= 0.6 is 0 Å². The van der Waals surface area contributed by atoms with Gasteiger partial charge in [0, 0.05) is 0 Å². The van der Waals surface area contributed by atoms with Crippen LogP contribution in [0.25, 0.3) is 0 Å². The predicted molar refractivity (Wildman–Crippen MR) is 86.4 cm³/mol. The van der Waals surface area contributed by atoms with E-state index in [4.69, 9.17) is 4.74 Å².